The molecule has 0 amide bonds. The fourth-order valence-corrected chi connectivity index (χ4v) is 3.23. The van der Waals surface area contributed by atoms with Crippen LogP contribution in [0.5, 0.6) is 0 Å². The van der Waals surface area contributed by atoms with Gasteiger partial charge in [0.15, 0.2) is 5.12 Å². The molecule has 1 nitrogen and oxygen atoms in total. The third-order valence-electron chi connectivity index (χ3n) is 3.75. The summed E-state index contributed by atoms with van der Waals surface area (Å²) in [7, 11) is 0. The van der Waals surface area contributed by atoms with Crippen LogP contribution in [-0.2, 0) is 4.79 Å². The Kier molecular flexibility index (Phi) is 17.1. The van der Waals surface area contributed by atoms with E-state index >= 15 is 0 Å². The molecular formula is C18H36OS. The maximum Gasteiger partial charge on any atom is 0.188 e. The molecule has 0 unspecified atom stereocenters. The lowest BCUT2D eigenvalue weighted by Crippen LogP contribution is -1.94. The average Bonchev–Trinajstić information content (AvgIpc) is 2.45. The fraction of sp³-hybridized carbons (Fsp3) is 0.944. The predicted molar refractivity (Wildman–Crippen MR) is 93.5 cm³/mol. The first kappa shape index (κ1) is 20.0. The molecular weight excluding hydrogens is 264 g/mol. The van der Waals surface area contributed by atoms with Gasteiger partial charge in [0.05, 0.1) is 0 Å². The fourth-order valence-electron chi connectivity index (χ4n) is 2.37. The van der Waals surface area contributed by atoms with Crippen LogP contribution in [0.2, 0.25) is 0 Å². The van der Waals surface area contributed by atoms with Crippen molar-refractivity contribution in [1.29, 1.82) is 0 Å². The largest absolute Gasteiger partial charge is 0.287 e. The van der Waals surface area contributed by atoms with E-state index in [9.17, 15) is 4.79 Å². The van der Waals surface area contributed by atoms with Crippen LogP contribution >= 0.6 is 11.8 Å². The van der Waals surface area contributed by atoms with Gasteiger partial charge in [0.1, 0.15) is 0 Å². The van der Waals surface area contributed by atoms with Gasteiger partial charge in [-0.2, -0.15) is 0 Å². The van der Waals surface area contributed by atoms with E-state index < -0.39 is 0 Å². The van der Waals surface area contributed by atoms with Crippen molar-refractivity contribution in [2.24, 2.45) is 0 Å². The first-order valence-electron chi connectivity index (χ1n) is 8.96. The SMILES string of the molecule is CCCCCCCCCC(=O)SCCCCCCCC. The molecule has 0 aliphatic rings. The summed E-state index contributed by atoms with van der Waals surface area (Å²) in [5, 5.41) is 0.423. The maximum atomic E-state index is 11.7. The van der Waals surface area contributed by atoms with Crippen LogP contribution in [0.25, 0.3) is 0 Å². The molecule has 0 saturated carbocycles. The molecule has 2 heteroatoms. The van der Waals surface area contributed by atoms with Crippen LogP contribution in [0.4, 0.5) is 0 Å². The summed E-state index contributed by atoms with van der Waals surface area (Å²) < 4.78 is 0. The molecule has 0 aromatic heterocycles. The number of carbonyl (C=O) groups excluding carboxylic acids is 1. The van der Waals surface area contributed by atoms with Crippen LogP contribution < -0.4 is 0 Å². The van der Waals surface area contributed by atoms with Crippen molar-refractivity contribution in [1.82, 2.24) is 0 Å². The molecule has 0 radical (unpaired) electrons. The van der Waals surface area contributed by atoms with Gasteiger partial charge in [0, 0.05) is 12.2 Å². The van der Waals surface area contributed by atoms with Crippen molar-refractivity contribution >= 4 is 16.9 Å². The normalized spacial score (nSPS) is 10.9. The molecule has 0 aliphatic carbocycles. The lowest BCUT2D eigenvalue weighted by atomic mass is 10.1. The first-order valence-corrected chi connectivity index (χ1v) is 9.95. The van der Waals surface area contributed by atoms with Crippen LogP contribution in [-0.4, -0.2) is 10.9 Å². The molecule has 0 bridgehead atoms. The molecule has 0 atom stereocenters. The molecule has 0 aromatic rings. The number of rotatable bonds is 15. The van der Waals surface area contributed by atoms with Gasteiger partial charge in [-0.3, -0.25) is 4.79 Å². The third-order valence-corrected chi connectivity index (χ3v) is 4.76. The number of carbonyl (C=O) groups is 1. The van der Waals surface area contributed by atoms with Crippen molar-refractivity contribution in [3.05, 3.63) is 0 Å². The van der Waals surface area contributed by atoms with E-state index in [2.05, 4.69) is 13.8 Å². The summed E-state index contributed by atoms with van der Waals surface area (Å²) in [6.07, 6.45) is 17.8. The molecule has 0 spiro atoms. The highest BCUT2D eigenvalue weighted by molar-refractivity contribution is 8.13. The van der Waals surface area contributed by atoms with E-state index in [0.29, 0.717) is 5.12 Å². The van der Waals surface area contributed by atoms with Crippen molar-refractivity contribution in [3.63, 3.8) is 0 Å². The summed E-state index contributed by atoms with van der Waals surface area (Å²) in [5.74, 6) is 1.04. The summed E-state index contributed by atoms with van der Waals surface area (Å²) in [6, 6.07) is 0. The molecule has 0 saturated heterocycles. The lowest BCUT2D eigenvalue weighted by molar-refractivity contribution is -0.111. The van der Waals surface area contributed by atoms with Gasteiger partial charge in [0.2, 0.25) is 0 Å². The standard InChI is InChI=1S/C18H36OS/c1-3-5-7-9-11-12-14-16-18(19)20-17-15-13-10-8-6-4-2/h3-17H2,1-2H3. The topological polar surface area (TPSA) is 17.1 Å². The van der Waals surface area contributed by atoms with Crippen molar-refractivity contribution in [2.45, 2.75) is 104 Å². The summed E-state index contributed by atoms with van der Waals surface area (Å²) in [6.45, 7) is 4.50. The van der Waals surface area contributed by atoms with Crippen molar-refractivity contribution in [3.8, 4) is 0 Å². The number of unbranched alkanes of at least 4 members (excludes halogenated alkanes) is 11. The van der Waals surface area contributed by atoms with E-state index in [4.69, 9.17) is 0 Å². The maximum absolute atomic E-state index is 11.7. The Morgan fingerprint density at radius 2 is 1.10 bits per heavy atom. The van der Waals surface area contributed by atoms with E-state index in [0.717, 1.165) is 18.6 Å². The van der Waals surface area contributed by atoms with E-state index in [1.165, 1.54) is 77.0 Å². The number of hydrogen-bond acceptors (Lipinski definition) is 2. The Morgan fingerprint density at radius 1 is 0.650 bits per heavy atom. The van der Waals surface area contributed by atoms with Crippen LogP contribution in [0, 0.1) is 0 Å². The van der Waals surface area contributed by atoms with E-state index in [1.54, 1.807) is 11.8 Å². The highest BCUT2D eigenvalue weighted by Crippen LogP contribution is 2.15. The second-order valence-electron chi connectivity index (χ2n) is 5.86. The van der Waals surface area contributed by atoms with E-state index in [1.807, 2.05) is 0 Å². The van der Waals surface area contributed by atoms with Crippen LogP contribution in [0.15, 0.2) is 0 Å². The Hall–Kier alpha value is 0.0200. The predicted octanol–water partition coefficient (Wildman–Crippen LogP) is 6.75. The summed E-state index contributed by atoms with van der Waals surface area (Å²) in [5.41, 5.74) is 0. The highest BCUT2D eigenvalue weighted by atomic mass is 32.2. The molecule has 0 heterocycles. The molecule has 0 aliphatic heterocycles. The minimum absolute atomic E-state index is 0.423. The second kappa shape index (κ2) is 17.1. The minimum atomic E-state index is 0.423. The summed E-state index contributed by atoms with van der Waals surface area (Å²) in [4.78, 5) is 11.7. The zero-order valence-electron chi connectivity index (χ0n) is 13.9. The van der Waals surface area contributed by atoms with Gasteiger partial charge in [0.25, 0.3) is 0 Å². The van der Waals surface area contributed by atoms with Gasteiger partial charge < -0.3 is 0 Å². The van der Waals surface area contributed by atoms with Gasteiger partial charge in [-0.05, 0) is 12.8 Å². The van der Waals surface area contributed by atoms with Gasteiger partial charge >= 0.3 is 0 Å². The van der Waals surface area contributed by atoms with Crippen molar-refractivity contribution < 1.29 is 4.79 Å². The molecule has 0 rings (SSSR count). The van der Waals surface area contributed by atoms with Crippen LogP contribution in [0.3, 0.4) is 0 Å². The molecule has 20 heavy (non-hydrogen) atoms. The smallest absolute Gasteiger partial charge is 0.188 e. The molecule has 0 N–H and O–H groups in total. The first-order chi connectivity index (χ1) is 9.81. The molecule has 0 fully saturated rings. The Balaban J connectivity index is 3.13. The second-order valence-corrected chi connectivity index (χ2v) is 7.01. The highest BCUT2D eigenvalue weighted by Gasteiger charge is 2.02. The van der Waals surface area contributed by atoms with Gasteiger partial charge in [-0.15, -0.1) is 0 Å². The third kappa shape index (κ3) is 16.1. The zero-order valence-corrected chi connectivity index (χ0v) is 14.7. The van der Waals surface area contributed by atoms with Gasteiger partial charge in [-0.1, -0.05) is 96.2 Å². The Labute approximate surface area is 131 Å². The summed E-state index contributed by atoms with van der Waals surface area (Å²) >= 11 is 1.57. The molecule has 120 valence electrons. The Bertz CT molecular complexity index is 184. The molecule has 0 aromatic carbocycles. The average molecular weight is 301 g/mol. The number of hydrogen-bond donors (Lipinski definition) is 0. The van der Waals surface area contributed by atoms with Crippen LogP contribution in [0.1, 0.15) is 104 Å². The lowest BCUT2D eigenvalue weighted by Gasteiger charge is -2.02. The zero-order chi connectivity index (χ0) is 14.9. The number of thioether (sulfide) groups is 1. The quantitative estimate of drug-likeness (QED) is 0.311. The van der Waals surface area contributed by atoms with Crippen molar-refractivity contribution in [2.75, 3.05) is 5.75 Å². The van der Waals surface area contributed by atoms with Gasteiger partial charge in [-0.25, -0.2) is 0 Å². The Morgan fingerprint density at radius 3 is 1.65 bits per heavy atom. The monoisotopic (exact) mass is 300 g/mol. The van der Waals surface area contributed by atoms with E-state index in [-0.39, 0.29) is 0 Å². The minimum Gasteiger partial charge on any atom is -0.287 e.